The third-order valence-corrected chi connectivity index (χ3v) is 2.31. The average Bonchev–Trinajstić information content (AvgIpc) is 2.25. The maximum Gasteiger partial charge on any atom is 0.252 e. The number of carbonyl (C=O) groups is 1. The molecular weight excluding hydrogens is 224 g/mol. The number of anilines is 1. The zero-order valence-electron chi connectivity index (χ0n) is 9.01. The van der Waals surface area contributed by atoms with Gasteiger partial charge in [0.15, 0.2) is 0 Å². The van der Waals surface area contributed by atoms with Gasteiger partial charge in [-0.05, 0) is 12.1 Å². The van der Waals surface area contributed by atoms with Crippen molar-refractivity contribution >= 4 is 28.9 Å². The SMILES string of the molecule is CN(CCC(N)=S)c1ncccc1C(N)=O. The van der Waals surface area contributed by atoms with Crippen molar-refractivity contribution in [2.45, 2.75) is 6.42 Å². The molecule has 4 N–H and O–H groups in total. The van der Waals surface area contributed by atoms with Gasteiger partial charge in [0.25, 0.3) is 5.91 Å². The largest absolute Gasteiger partial charge is 0.393 e. The van der Waals surface area contributed by atoms with E-state index in [1.165, 1.54) is 0 Å². The van der Waals surface area contributed by atoms with Crippen molar-refractivity contribution in [3.05, 3.63) is 23.9 Å². The van der Waals surface area contributed by atoms with E-state index in [1.54, 1.807) is 23.2 Å². The number of carbonyl (C=O) groups excluding carboxylic acids is 1. The molecule has 0 aliphatic carbocycles. The average molecular weight is 238 g/mol. The maximum atomic E-state index is 11.2. The second kappa shape index (κ2) is 5.41. The van der Waals surface area contributed by atoms with Crippen LogP contribution in [0.3, 0.4) is 0 Å². The quantitative estimate of drug-likeness (QED) is 0.720. The molecule has 0 unspecified atom stereocenters. The van der Waals surface area contributed by atoms with Crippen LogP contribution in [0.4, 0.5) is 5.82 Å². The van der Waals surface area contributed by atoms with Crippen LogP contribution in [-0.2, 0) is 0 Å². The van der Waals surface area contributed by atoms with Gasteiger partial charge < -0.3 is 16.4 Å². The summed E-state index contributed by atoms with van der Waals surface area (Å²) in [6.45, 7) is 0.604. The fourth-order valence-electron chi connectivity index (χ4n) is 1.28. The Morgan fingerprint density at radius 3 is 2.81 bits per heavy atom. The number of primary amides is 1. The molecular formula is C10H14N4OS. The predicted octanol–water partition coefficient (Wildman–Crippen LogP) is 0.293. The molecule has 86 valence electrons. The van der Waals surface area contributed by atoms with Crippen LogP contribution >= 0.6 is 12.2 Å². The topological polar surface area (TPSA) is 85.2 Å². The van der Waals surface area contributed by atoms with Crippen molar-refractivity contribution in [3.8, 4) is 0 Å². The van der Waals surface area contributed by atoms with Crippen LogP contribution in [0.25, 0.3) is 0 Å². The first-order valence-electron chi connectivity index (χ1n) is 4.76. The minimum absolute atomic E-state index is 0.396. The first kappa shape index (κ1) is 12.4. The van der Waals surface area contributed by atoms with E-state index in [9.17, 15) is 4.79 Å². The smallest absolute Gasteiger partial charge is 0.252 e. The Morgan fingerprint density at radius 2 is 2.25 bits per heavy atom. The molecule has 0 saturated heterocycles. The van der Waals surface area contributed by atoms with Gasteiger partial charge in [-0.15, -0.1) is 0 Å². The lowest BCUT2D eigenvalue weighted by molar-refractivity contribution is 0.100. The van der Waals surface area contributed by atoms with Gasteiger partial charge in [0, 0.05) is 26.2 Å². The number of thiocarbonyl (C=S) groups is 1. The number of hydrogen-bond donors (Lipinski definition) is 2. The minimum Gasteiger partial charge on any atom is -0.393 e. The van der Waals surface area contributed by atoms with Gasteiger partial charge in [-0.1, -0.05) is 12.2 Å². The number of nitrogens with two attached hydrogens (primary N) is 2. The maximum absolute atomic E-state index is 11.2. The van der Waals surface area contributed by atoms with Gasteiger partial charge in [-0.2, -0.15) is 0 Å². The Bertz CT molecular complexity index is 408. The van der Waals surface area contributed by atoms with E-state index in [4.69, 9.17) is 23.7 Å². The highest BCUT2D eigenvalue weighted by Crippen LogP contribution is 2.14. The van der Waals surface area contributed by atoms with E-state index in [1.807, 2.05) is 7.05 Å². The number of aromatic nitrogens is 1. The molecule has 1 heterocycles. The normalized spacial score (nSPS) is 9.81. The van der Waals surface area contributed by atoms with Crippen molar-refractivity contribution in [3.63, 3.8) is 0 Å². The monoisotopic (exact) mass is 238 g/mol. The van der Waals surface area contributed by atoms with E-state index in [0.29, 0.717) is 29.3 Å². The standard InChI is InChI=1S/C10H14N4OS/c1-14(6-4-8(11)16)10-7(9(12)15)3-2-5-13-10/h2-3,5H,4,6H2,1H3,(H2,11,16)(H2,12,15). The first-order valence-corrected chi connectivity index (χ1v) is 5.17. The lowest BCUT2D eigenvalue weighted by atomic mass is 10.2. The summed E-state index contributed by atoms with van der Waals surface area (Å²) in [6.07, 6.45) is 2.18. The van der Waals surface area contributed by atoms with E-state index in [0.717, 1.165) is 0 Å². The molecule has 5 nitrogen and oxygen atoms in total. The number of amides is 1. The highest BCUT2D eigenvalue weighted by molar-refractivity contribution is 7.80. The Morgan fingerprint density at radius 1 is 1.56 bits per heavy atom. The van der Waals surface area contributed by atoms with Crippen LogP contribution in [0.5, 0.6) is 0 Å². The van der Waals surface area contributed by atoms with Crippen molar-refractivity contribution in [2.24, 2.45) is 11.5 Å². The lowest BCUT2D eigenvalue weighted by Gasteiger charge is -2.19. The van der Waals surface area contributed by atoms with Gasteiger partial charge in [-0.25, -0.2) is 4.98 Å². The van der Waals surface area contributed by atoms with Crippen LogP contribution in [0.1, 0.15) is 16.8 Å². The van der Waals surface area contributed by atoms with E-state index in [2.05, 4.69) is 4.98 Å². The molecule has 1 amide bonds. The van der Waals surface area contributed by atoms with Gasteiger partial charge in [0.05, 0.1) is 10.6 Å². The predicted molar refractivity (Wildman–Crippen MR) is 67.4 cm³/mol. The number of nitrogens with zero attached hydrogens (tertiary/aromatic N) is 2. The van der Waals surface area contributed by atoms with Gasteiger partial charge in [-0.3, -0.25) is 4.79 Å². The zero-order valence-corrected chi connectivity index (χ0v) is 9.83. The molecule has 0 aromatic carbocycles. The second-order valence-corrected chi connectivity index (χ2v) is 3.90. The second-order valence-electron chi connectivity index (χ2n) is 3.38. The number of rotatable bonds is 5. The summed E-state index contributed by atoms with van der Waals surface area (Å²) in [7, 11) is 1.81. The summed E-state index contributed by atoms with van der Waals surface area (Å²) < 4.78 is 0. The summed E-state index contributed by atoms with van der Waals surface area (Å²) >= 11 is 4.79. The molecule has 0 bridgehead atoms. The molecule has 1 aromatic heterocycles. The third-order valence-electron chi connectivity index (χ3n) is 2.11. The highest BCUT2D eigenvalue weighted by atomic mass is 32.1. The Labute approximate surface area is 99.4 Å². The van der Waals surface area contributed by atoms with Gasteiger partial charge in [0.2, 0.25) is 0 Å². The molecule has 0 atom stereocenters. The summed E-state index contributed by atoms with van der Waals surface area (Å²) in [5.41, 5.74) is 11.1. The molecule has 0 fully saturated rings. The van der Waals surface area contributed by atoms with Crippen molar-refractivity contribution in [1.29, 1.82) is 0 Å². The van der Waals surface area contributed by atoms with E-state index >= 15 is 0 Å². The van der Waals surface area contributed by atoms with Crippen LogP contribution in [0.15, 0.2) is 18.3 Å². The molecule has 16 heavy (non-hydrogen) atoms. The lowest BCUT2D eigenvalue weighted by Crippen LogP contribution is -2.27. The van der Waals surface area contributed by atoms with Crippen molar-refractivity contribution < 1.29 is 4.79 Å². The molecule has 0 aliphatic heterocycles. The summed E-state index contributed by atoms with van der Waals surface area (Å²) in [4.78, 5) is 17.5. The molecule has 0 aliphatic rings. The Kier molecular flexibility index (Phi) is 4.19. The molecule has 6 heteroatoms. The van der Waals surface area contributed by atoms with Crippen LogP contribution in [0, 0.1) is 0 Å². The van der Waals surface area contributed by atoms with Crippen molar-refractivity contribution in [2.75, 3.05) is 18.5 Å². The highest BCUT2D eigenvalue weighted by Gasteiger charge is 2.12. The minimum atomic E-state index is -0.495. The van der Waals surface area contributed by atoms with Crippen LogP contribution in [-0.4, -0.2) is 29.5 Å². The Hall–Kier alpha value is -1.69. The molecule has 1 aromatic rings. The molecule has 0 saturated carbocycles. The molecule has 1 rings (SSSR count). The van der Waals surface area contributed by atoms with Crippen molar-refractivity contribution in [1.82, 2.24) is 4.98 Å². The Balaban J connectivity index is 2.85. The molecule has 0 spiro atoms. The zero-order chi connectivity index (χ0) is 12.1. The summed E-state index contributed by atoms with van der Waals surface area (Å²) in [5.74, 6) is 0.0523. The van der Waals surface area contributed by atoms with Gasteiger partial charge in [0.1, 0.15) is 5.82 Å². The number of pyridine rings is 1. The first-order chi connectivity index (χ1) is 7.52. The fraction of sp³-hybridized carbons (Fsp3) is 0.300. The van der Waals surface area contributed by atoms with E-state index in [-0.39, 0.29) is 0 Å². The van der Waals surface area contributed by atoms with Crippen LogP contribution < -0.4 is 16.4 Å². The van der Waals surface area contributed by atoms with Gasteiger partial charge >= 0.3 is 0 Å². The summed E-state index contributed by atoms with van der Waals surface area (Å²) in [6, 6.07) is 3.31. The number of hydrogen-bond acceptors (Lipinski definition) is 4. The van der Waals surface area contributed by atoms with Crippen LogP contribution in [0.2, 0.25) is 0 Å². The molecule has 0 radical (unpaired) electrons. The summed E-state index contributed by atoms with van der Waals surface area (Å²) in [5, 5.41) is 0. The van der Waals surface area contributed by atoms with E-state index < -0.39 is 5.91 Å². The fourth-order valence-corrected chi connectivity index (χ4v) is 1.37. The third kappa shape index (κ3) is 3.16.